The van der Waals surface area contributed by atoms with Crippen molar-refractivity contribution in [3.8, 4) is 0 Å². The number of aryl methyl sites for hydroxylation is 2. The number of pyridine rings is 1. The Kier molecular flexibility index (Phi) is 7.37. The number of halogens is 1. The second-order valence-corrected chi connectivity index (χ2v) is 10.6. The second-order valence-electron chi connectivity index (χ2n) is 9.43. The molecule has 1 aliphatic heterocycles. The molecule has 1 fully saturated rings. The van der Waals surface area contributed by atoms with Gasteiger partial charge in [0.15, 0.2) is 5.13 Å². The average molecular weight is 448 g/mol. The van der Waals surface area contributed by atoms with E-state index in [1.54, 1.807) is 0 Å². The third kappa shape index (κ3) is 6.04. The van der Waals surface area contributed by atoms with Crippen LogP contribution in [-0.2, 0) is 16.7 Å². The smallest absolute Gasteiger partial charge is 0.407 e. The molecule has 0 unspecified atom stereocenters. The topological polar surface area (TPSA) is 54.5 Å². The molecular weight excluding hydrogens is 413 g/mol. The molecule has 1 aliphatic rings. The zero-order valence-corrected chi connectivity index (χ0v) is 20.0. The molecule has 1 atom stereocenters. The standard InChI is InChI=1S/C24H34FN3O2S/c1-17(2)30-22(29)27-15-24(11-10-20-8-9-21(25)31-20)12-13-28(16-24)23(4,5)19-7-6-18(3)26-14-19/h6-9,14,17H,10-13,15-16H2,1-5H3,(H,27,29)/t24-/m0/s1. The largest absolute Gasteiger partial charge is 0.447 e. The van der Waals surface area contributed by atoms with E-state index in [9.17, 15) is 9.18 Å². The van der Waals surface area contributed by atoms with Crippen LogP contribution in [0.15, 0.2) is 30.5 Å². The fraction of sp³-hybridized carbons (Fsp3) is 0.583. The Morgan fingerprint density at radius 1 is 1.35 bits per heavy atom. The minimum Gasteiger partial charge on any atom is -0.447 e. The Morgan fingerprint density at radius 3 is 2.74 bits per heavy atom. The summed E-state index contributed by atoms with van der Waals surface area (Å²) < 4.78 is 18.7. The maximum Gasteiger partial charge on any atom is 0.407 e. The summed E-state index contributed by atoms with van der Waals surface area (Å²) in [5.74, 6) is 0. The van der Waals surface area contributed by atoms with Crippen LogP contribution in [0.3, 0.4) is 0 Å². The van der Waals surface area contributed by atoms with Crippen molar-refractivity contribution in [1.82, 2.24) is 15.2 Å². The number of amides is 1. The summed E-state index contributed by atoms with van der Waals surface area (Å²) in [7, 11) is 0. The van der Waals surface area contributed by atoms with Gasteiger partial charge in [0.25, 0.3) is 0 Å². The lowest BCUT2D eigenvalue weighted by molar-refractivity contribution is 0.104. The molecule has 2 aromatic rings. The van der Waals surface area contributed by atoms with Gasteiger partial charge in [0.05, 0.1) is 6.10 Å². The first-order valence-corrected chi connectivity index (χ1v) is 11.8. The number of ether oxygens (including phenoxy) is 1. The van der Waals surface area contributed by atoms with Crippen LogP contribution in [0.4, 0.5) is 9.18 Å². The normalized spacial score (nSPS) is 19.7. The van der Waals surface area contributed by atoms with Gasteiger partial charge in [-0.2, -0.15) is 4.39 Å². The highest BCUT2D eigenvalue weighted by molar-refractivity contribution is 7.10. The molecule has 3 heterocycles. The van der Waals surface area contributed by atoms with Crippen molar-refractivity contribution < 1.29 is 13.9 Å². The van der Waals surface area contributed by atoms with Crippen LogP contribution in [0.2, 0.25) is 0 Å². The number of aromatic nitrogens is 1. The van der Waals surface area contributed by atoms with Crippen molar-refractivity contribution in [3.05, 3.63) is 51.7 Å². The van der Waals surface area contributed by atoms with E-state index >= 15 is 0 Å². The minimum atomic E-state index is -0.378. The van der Waals surface area contributed by atoms with Gasteiger partial charge < -0.3 is 10.1 Å². The first kappa shape index (κ1) is 23.7. The summed E-state index contributed by atoms with van der Waals surface area (Å²) in [6, 6.07) is 7.59. The van der Waals surface area contributed by atoms with E-state index in [0.717, 1.165) is 42.9 Å². The fourth-order valence-electron chi connectivity index (χ4n) is 4.25. The van der Waals surface area contributed by atoms with E-state index < -0.39 is 0 Å². The van der Waals surface area contributed by atoms with Gasteiger partial charge >= 0.3 is 6.09 Å². The molecule has 3 rings (SSSR count). The van der Waals surface area contributed by atoms with Crippen molar-refractivity contribution in [2.75, 3.05) is 19.6 Å². The van der Waals surface area contributed by atoms with Crippen LogP contribution in [0.5, 0.6) is 0 Å². The van der Waals surface area contributed by atoms with Crippen LogP contribution in [0, 0.1) is 17.5 Å². The quantitative estimate of drug-likeness (QED) is 0.598. The van der Waals surface area contributed by atoms with Crippen LogP contribution < -0.4 is 5.32 Å². The molecule has 0 saturated carbocycles. The SMILES string of the molecule is Cc1ccc(C(C)(C)N2CC[C@@](CCc3ccc(F)s3)(CNC(=O)OC(C)C)C2)cn1. The molecule has 0 aromatic carbocycles. The number of thiophene rings is 1. The highest BCUT2D eigenvalue weighted by Crippen LogP contribution is 2.41. The molecule has 31 heavy (non-hydrogen) atoms. The summed E-state index contributed by atoms with van der Waals surface area (Å²) in [4.78, 5) is 20.2. The van der Waals surface area contributed by atoms with Crippen molar-refractivity contribution in [2.24, 2.45) is 5.41 Å². The first-order chi connectivity index (χ1) is 14.6. The molecule has 1 saturated heterocycles. The molecule has 5 nitrogen and oxygen atoms in total. The number of likely N-dealkylation sites (tertiary alicyclic amines) is 1. The summed E-state index contributed by atoms with van der Waals surface area (Å²) >= 11 is 1.21. The number of carbonyl (C=O) groups excluding carboxylic acids is 1. The van der Waals surface area contributed by atoms with E-state index in [1.165, 1.54) is 23.0 Å². The molecule has 0 bridgehead atoms. The number of hydrogen-bond donors (Lipinski definition) is 1. The Labute approximate surface area is 189 Å². The van der Waals surface area contributed by atoms with Crippen molar-refractivity contribution >= 4 is 17.4 Å². The monoisotopic (exact) mass is 447 g/mol. The highest BCUT2D eigenvalue weighted by Gasteiger charge is 2.43. The molecule has 0 spiro atoms. The second kappa shape index (κ2) is 9.65. The molecule has 0 radical (unpaired) electrons. The lowest BCUT2D eigenvalue weighted by atomic mass is 9.81. The lowest BCUT2D eigenvalue weighted by Crippen LogP contribution is -2.45. The zero-order chi connectivity index (χ0) is 22.6. The number of nitrogens with zero attached hydrogens (tertiary/aromatic N) is 2. The summed E-state index contributed by atoms with van der Waals surface area (Å²) in [6.45, 7) is 12.5. The van der Waals surface area contributed by atoms with Crippen LogP contribution in [-0.4, -0.2) is 41.7 Å². The van der Waals surface area contributed by atoms with Gasteiger partial charge in [-0.1, -0.05) is 6.07 Å². The average Bonchev–Trinajstić information content (AvgIpc) is 3.32. The van der Waals surface area contributed by atoms with E-state index in [1.807, 2.05) is 33.0 Å². The van der Waals surface area contributed by atoms with Crippen LogP contribution in [0.1, 0.15) is 56.7 Å². The number of alkyl carbamates (subject to hydrolysis) is 1. The van der Waals surface area contributed by atoms with Crippen molar-refractivity contribution in [3.63, 3.8) is 0 Å². The van der Waals surface area contributed by atoms with Gasteiger partial charge in [-0.25, -0.2) is 4.79 Å². The van der Waals surface area contributed by atoms with Crippen molar-refractivity contribution in [1.29, 1.82) is 0 Å². The van der Waals surface area contributed by atoms with Crippen LogP contribution >= 0.6 is 11.3 Å². The van der Waals surface area contributed by atoms with E-state index in [4.69, 9.17) is 4.74 Å². The highest BCUT2D eigenvalue weighted by atomic mass is 32.1. The fourth-order valence-corrected chi connectivity index (χ4v) is 4.98. The molecular formula is C24H34FN3O2S. The van der Waals surface area contributed by atoms with Gasteiger partial charge in [0.1, 0.15) is 0 Å². The maximum absolute atomic E-state index is 13.5. The third-order valence-corrected chi connectivity index (χ3v) is 7.26. The molecule has 7 heteroatoms. The maximum atomic E-state index is 13.5. The van der Waals surface area contributed by atoms with E-state index in [-0.39, 0.29) is 28.3 Å². The predicted octanol–water partition coefficient (Wildman–Crippen LogP) is 5.29. The Hall–Kier alpha value is -1.99. The van der Waals surface area contributed by atoms with Gasteiger partial charge in [0, 0.05) is 40.8 Å². The Morgan fingerprint density at radius 2 is 2.13 bits per heavy atom. The van der Waals surface area contributed by atoms with Gasteiger partial charge in [-0.15, -0.1) is 11.3 Å². The lowest BCUT2D eigenvalue weighted by Gasteiger charge is -2.38. The van der Waals surface area contributed by atoms with Gasteiger partial charge in [-0.3, -0.25) is 9.88 Å². The zero-order valence-electron chi connectivity index (χ0n) is 19.2. The van der Waals surface area contributed by atoms with Crippen molar-refractivity contribution in [2.45, 2.75) is 65.5 Å². The number of carbonyl (C=O) groups is 1. The first-order valence-electron chi connectivity index (χ1n) is 11.0. The number of rotatable bonds is 8. The Bertz CT molecular complexity index is 881. The van der Waals surface area contributed by atoms with E-state index in [0.29, 0.717) is 6.54 Å². The van der Waals surface area contributed by atoms with Crippen LogP contribution in [0.25, 0.3) is 0 Å². The summed E-state index contributed by atoms with van der Waals surface area (Å²) in [5.41, 5.74) is 1.93. The molecule has 2 aromatic heterocycles. The molecule has 170 valence electrons. The molecule has 1 amide bonds. The van der Waals surface area contributed by atoms with Gasteiger partial charge in [-0.05, 0) is 84.2 Å². The number of nitrogens with one attached hydrogen (secondary N) is 1. The Balaban J connectivity index is 1.74. The molecule has 1 N–H and O–H groups in total. The minimum absolute atomic E-state index is 0.0914. The number of hydrogen-bond acceptors (Lipinski definition) is 5. The third-order valence-electron chi connectivity index (χ3n) is 6.33. The summed E-state index contributed by atoms with van der Waals surface area (Å²) in [5, 5.41) is 2.84. The molecule has 0 aliphatic carbocycles. The summed E-state index contributed by atoms with van der Waals surface area (Å²) in [6.07, 6.45) is 4.08. The van der Waals surface area contributed by atoms with Gasteiger partial charge in [0.2, 0.25) is 0 Å². The predicted molar refractivity (Wildman–Crippen MR) is 123 cm³/mol. The van der Waals surface area contributed by atoms with E-state index in [2.05, 4.69) is 41.2 Å².